The van der Waals surface area contributed by atoms with E-state index in [4.69, 9.17) is 4.74 Å². The van der Waals surface area contributed by atoms with Crippen LogP contribution in [0.3, 0.4) is 0 Å². The number of carbonyl (C=O) groups is 1. The number of amides is 1. The SMILES string of the molecule is C[C@H](Cn1cccn1)N[C@H](C)C(=O)N1C[C@@H](C)O[C@H](C)C1. The van der Waals surface area contributed by atoms with Crippen LogP contribution in [0.2, 0.25) is 0 Å². The van der Waals surface area contributed by atoms with Crippen LogP contribution in [-0.4, -0.2) is 58.0 Å². The number of rotatable bonds is 5. The van der Waals surface area contributed by atoms with Crippen molar-refractivity contribution in [1.82, 2.24) is 20.0 Å². The van der Waals surface area contributed by atoms with Gasteiger partial charge < -0.3 is 15.0 Å². The van der Waals surface area contributed by atoms with Crippen LogP contribution >= 0.6 is 0 Å². The normalized spacial score (nSPS) is 25.6. The van der Waals surface area contributed by atoms with Gasteiger partial charge in [0.2, 0.25) is 5.91 Å². The van der Waals surface area contributed by atoms with E-state index in [1.54, 1.807) is 6.20 Å². The quantitative estimate of drug-likeness (QED) is 0.876. The van der Waals surface area contributed by atoms with Gasteiger partial charge in [-0.15, -0.1) is 0 Å². The van der Waals surface area contributed by atoms with Crippen molar-refractivity contribution in [3.8, 4) is 0 Å². The zero-order valence-corrected chi connectivity index (χ0v) is 13.3. The Bertz CT molecular complexity index is 439. The molecule has 1 aromatic heterocycles. The van der Waals surface area contributed by atoms with Gasteiger partial charge in [0.05, 0.1) is 24.8 Å². The summed E-state index contributed by atoms with van der Waals surface area (Å²) in [6.07, 6.45) is 3.89. The molecule has 2 heterocycles. The van der Waals surface area contributed by atoms with E-state index >= 15 is 0 Å². The van der Waals surface area contributed by atoms with Gasteiger partial charge in [0.15, 0.2) is 0 Å². The van der Waals surface area contributed by atoms with Crippen molar-refractivity contribution in [2.75, 3.05) is 13.1 Å². The predicted molar refractivity (Wildman–Crippen MR) is 80.9 cm³/mol. The second kappa shape index (κ2) is 7.04. The third-order valence-electron chi connectivity index (χ3n) is 3.66. The summed E-state index contributed by atoms with van der Waals surface area (Å²) in [4.78, 5) is 14.4. The maximum absolute atomic E-state index is 12.5. The molecular weight excluding hydrogens is 268 g/mol. The lowest BCUT2D eigenvalue weighted by molar-refractivity contribution is -0.145. The molecule has 1 aromatic rings. The standard InChI is InChI=1S/C15H26N4O2/c1-11(8-19-7-5-6-16-19)17-14(4)15(20)18-9-12(2)21-13(3)10-18/h5-7,11-14,17H,8-10H2,1-4H3/t11-,12-,13-,14-/m1/s1. The number of hydrogen-bond donors (Lipinski definition) is 1. The van der Waals surface area contributed by atoms with E-state index in [1.807, 2.05) is 42.6 Å². The number of aromatic nitrogens is 2. The topological polar surface area (TPSA) is 59.4 Å². The smallest absolute Gasteiger partial charge is 0.239 e. The van der Waals surface area contributed by atoms with Gasteiger partial charge in [0.1, 0.15) is 0 Å². The van der Waals surface area contributed by atoms with E-state index in [1.165, 1.54) is 0 Å². The second-order valence-corrected chi connectivity index (χ2v) is 6.02. The fraction of sp³-hybridized carbons (Fsp3) is 0.733. The van der Waals surface area contributed by atoms with Crippen molar-refractivity contribution in [3.05, 3.63) is 18.5 Å². The minimum absolute atomic E-state index is 0.103. The molecule has 4 atom stereocenters. The number of hydrogen-bond acceptors (Lipinski definition) is 4. The van der Waals surface area contributed by atoms with Gasteiger partial charge in [0, 0.05) is 31.5 Å². The van der Waals surface area contributed by atoms with Crippen LogP contribution in [-0.2, 0) is 16.1 Å². The van der Waals surface area contributed by atoms with E-state index in [-0.39, 0.29) is 30.2 Å². The van der Waals surface area contributed by atoms with E-state index in [0.717, 1.165) is 6.54 Å². The molecule has 1 fully saturated rings. The summed E-state index contributed by atoms with van der Waals surface area (Å²) in [5.41, 5.74) is 0. The molecule has 1 aliphatic heterocycles. The molecule has 1 amide bonds. The first-order chi connectivity index (χ1) is 9.95. The fourth-order valence-electron chi connectivity index (χ4n) is 2.87. The highest BCUT2D eigenvalue weighted by Gasteiger charge is 2.29. The molecule has 0 aromatic carbocycles. The van der Waals surface area contributed by atoms with Gasteiger partial charge in [0.25, 0.3) is 0 Å². The average Bonchev–Trinajstić information content (AvgIpc) is 2.89. The highest BCUT2D eigenvalue weighted by molar-refractivity contribution is 5.81. The largest absolute Gasteiger partial charge is 0.372 e. The average molecular weight is 294 g/mol. The first-order valence-corrected chi connectivity index (χ1v) is 7.63. The molecule has 0 unspecified atom stereocenters. The van der Waals surface area contributed by atoms with E-state index < -0.39 is 0 Å². The molecule has 0 aliphatic carbocycles. The van der Waals surface area contributed by atoms with E-state index in [2.05, 4.69) is 17.3 Å². The molecule has 0 spiro atoms. The summed E-state index contributed by atoms with van der Waals surface area (Å²) in [5, 5.41) is 7.53. The van der Waals surface area contributed by atoms with E-state index in [0.29, 0.717) is 13.1 Å². The van der Waals surface area contributed by atoms with Gasteiger partial charge >= 0.3 is 0 Å². The monoisotopic (exact) mass is 294 g/mol. The number of ether oxygens (including phenoxy) is 1. The molecular formula is C15H26N4O2. The zero-order valence-electron chi connectivity index (χ0n) is 13.3. The molecule has 1 aliphatic rings. The molecule has 0 bridgehead atoms. The Morgan fingerprint density at radius 2 is 2.05 bits per heavy atom. The Morgan fingerprint density at radius 3 is 2.62 bits per heavy atom. The molecule has 118 valence electrons. The Hall–Kier alpha value is -1.40. The van der Waals surface area contributed by atoms with Crippen LogP contribution in [0.5, 0.6) is 0 Å². The van der Waals surface area contributed by atoms with Crippen LogP contribution in [0.15, 0.2) is 18.5 Å². The van der Waals surface area contributed by atoms with Crippen molar-refractivity contribution >= 4 is 5.91 Å². The molecule has 6 heteroatoms. The Morgan fingerprint density at radius 1 is 1.38 bits per heavy atom. The first kappa shape index (κ1) is 16.0. The zero-order chi connectivity index (χ0) is 15.4. The molecule has 1 N–H and O–H groups in total. The van der Waals surface area contributed by atoms with Crippen molar-refractivity contribution in [1.29, 1.82) is 0 Å². The molecule has 2 rings (SSSR count). The minimum atomic E-state index is -0.201. The third kappa shape index (κ3) is 4.54. The summed E-state index contributed by atoms with van der Waals surface area (Å²) in [6.45, 7) is 10.1. The Labute approximate surface area is 126 Å². The van der Waals surface area contributed by atoms with Crippen LogP contribution in [0.25, 0.3) is 0 Å². The van der Waals surface area contributed by atoms with Crippen molar-refractivity contribution < 1.29 is 9.53 Å². The highest BCUT2D eigenvalue weighted by atomic mass is 16.5. The Kier molecular flexibility index (Phi) is 5.36. The molecule has 21 heavy (non-hydrogen) atoms. The van der Waals surface area contributed by atoms with Gasteiger partial charge in [-0.25, -0.2) is 0 Å². The third-order valence-corrected chi connectivity index (χ3v) is 3.66. The first-order valence-electron chi connectivity index (χ1n) is 7.63. The summed E-state index contributed by atoms with van der Waals surface area (Å²) in [7, 11) is 0. The lowest BCUT2D eigenvalue weighted by atomic mass is 10.2. The van der Waals surface area contributed by atoms with Gasteiger partial charge in [-0.05, 0) is 33.8 Å². The van der Waals surface area contributed by atoms with Gasteiger partial charge in [-0.1, -0.05) is 0 Å². The van der Waals surface area contributed by atoms with Crippen LogP contribution < -0.4 is 5.32 Å². The Balaban J connectivity index is 1.84. The summed E-state index contributed by atoms with van der Waals surface area (Å²) in [5.74, 6) is 0.143. The maximum atomic E-state index is 12.5. The van der Waals surface area contributed by atoms with Crippen LogP contribution in [0, 0.1) is 0 Å². The molecule has 6 nitrogen and oxygen atoms in total. The van der Waals surface area contributed by atoms with Crippen molar-refractivity contribution in [3.63, 3.8) is 0 Å². The number of morpholine rings is 1. The number of carbonyl (C=O) groups excluding carboxylic acids is 1. The van der Waals surface area contributed by atoms with E-state index in [9.17, 15) is 4.79 Å². The summed E-state index contributed by atoms with van der Waals surface area (Å²) >= 11 is 0. The number of nitrogens with zero attached hydrogens (tertiary/aromatic N) is 3. The molecule has 0 radical (unpaired) electrons. The lowest BCUT2D eigenvalue weighted by Gasteiger charge is -2.37. The summed E-state index contributed by atoms with van der Waals surface area (Å²) in [6, 6.07) is 1.88. The maximum Gasteiger partial charge on any atom is 0.239 e. The second-order valence-electron chi connectivity index (χ2n) is 6.02. The lowest BCUT2D eigenvalue weighted by Crippen LogP contribution is -2.54. The van der Waals surface area contributed by atoms with Crippen molar-refractivity contribution in [2.24, 2.45) is 0 Å². The van der Waals surface area contributed by atoms with Crippen LogP contribution in [0.1, 0.15) is 27.7 Å². The van der Waals surface area contributed by atoms with Gasteiger partial charge in [-0.2, -0.15) is 5.10 Å². The fourth-order valence-corrected chi connectivity index (χ4v) is 2.87. The number of nitrogens with one attached hydrogen (secondary N) is 1. The van der Waals surface area contributed by atoms with Crippen molar-refractivity contribution in [2.45, 2.75) is 58.5 Å². The minimum Gasteiger partial charge on any atom is -0.372 e. The van der Waals surface area contributed by atoms with Gasteiger partial charge in [-0.3, -0.25) is 9.48 Å². The highest BCUT2D eigenvalue weighted by Crippen LogP contribution is 2.12. The van der Waals surface area contributed by atoms with Crippen LogP contribution in [0.4, 0.5) is 0 Å². The molecule has 0 saturated carbocycles. The summed E-state index contributed by atoms with van der Waals surface area (Å²) < 4.78 is 7.54. The molecule has 1 saturated heterocycles. The predicted octanol–water partition coefficient (Wildman–Crippen LogP) is 0.885.